The van der Waals surface area contributed by atoms with Crippen LogP contribution in [-0.4, -0.2) is 46.7 Å². The molecule has 0 radical (unpaired) electrons. The highest BCUT2D eigenvalue weighted by Gasteiger charge is 2.13. The van der Waals surface area contributed by atoms with E-state index in [0.29, 0.717) is 19.0 Å². The van der Waals surface area contributed by atoms with E-state index in [-0.39, 0.29) is 12.5 Å². The fourth-order valence-electron chi connectivity index (χ4n) is 2.20. The quantitative estimate of drug-likeness (QED) is 0.898. The summed E-state index contributed by atoms with van der Waals surface area (Å²) < 4.78 is 7.12. The van der Waals surface area contributed by atoms with Gasteiger partial charge in [-0.3, -0.25) is 4.79 Å². The number of carbonyl (C=O) groups excluding carboxylic acids is 1. The lowest BCUT2D eigenvalue weighted by atomic mass is 10.4. The molecule has 110 valence electrons. The van der Waals surface area contributed by atoms with E-state index in [2.05, 4.69) is 20.2 Å². The number of ether oxygens (including phenoxy) is 1. The lowest BCUT2D eigenvalue weighted by Crippen LogP contribution is -2.36. The molecule has 0 spiro atoms. The Morgan fingerprint density at radius 1 is 1.24 bits per heavy atom. The molecular formula is C14H17N5O2. The number of carbonyl (C=O) groups is 1. The summed E-state index contributed by atoms with van der Waals surface area (Å²) in [6, 6.07) is 5.56. The van der Waals surface area contributed by atoms with Crippen LogP contribution in [0.2, 0.25) is 0 Å². The standard InChI is InChI=1S/C14H17N5O2/c20-14(10-18-3-1-2-4-18)17-12-9-13(16-11-15-12)19-5-7-21-8-6-19/h1-4,9,11H,5-8,10H2,(H,15,16,17,20). The average molecular weight is 287 g/mol. The van der Waals surface area contributed by atoms with Crippen LogP contribution in [-0.2, 0) is 16.1 Å². The molecule has 0 aliphatic carbocycles. The second kappa shape index (κ2) is 6.36. The minimum Gasteiger partial charge on any atom is -0.378 e. The van der Waals surface area contributed by atoms with Gasteiger partial charge in [0.25, 0.3) is 0 Å². The van der Waals surface area contributed by atoms with Crippen LogP contribution >= 0.6 is 0 Å². The average Bonchev–Trinajstić information content (AvgIpc) is 3.01. The van der Waals surface area contributed by atoms with Crippen LogP contribution < -0.4 is 10.2 Å². The van der Waals surface area contributed by atoms with Crippen molar-refractivity contribution in [1.29, 1.82) is 0 Å². The van der Waals surface area contributed by atoms with Gasteiger partial charge < -0.3 is 19.5 Å². The maximum Gasteiger partial charge on any atom is 0.245 e. The number of rotatable bonds is 4. The molecule has 0 aromatic carbocycles. The molecule has 1 N–H and O–H groups in total. The molecule has 0 unspecified atom stereocenters. The second-order valence-electron chi connectivity index (χ2n) is 4.76. The first-order chi connectivity index (χ1) is 10.3. The number of hydrogen-bond donors (Lipinski definition) is 1. The van der Waals surface area contributed by atoms with Gasteiger partial charge in [-0.05, 0) is 12.1 Å². The van der Waals surface area contributed by atoms with E-state index in [1.165, 1.54) is 6.33 Å². The number of nitrogens with one attached hydrogen (secondary N) is 1. The second-order valence-corrected chi connectivity index (χ2v) is 4.76. The summed E-state index contributed by atoms with van der Waals surface area (Å²) >= 11 is 0. The Morgan fingerprint density at radius 2 is 2.00 bits per heavy atom. The first-order valence-electron chi connectivity index (χ1n) is 6.86. The number of aromatic nitrogens is 3. The number of morpholine rings is 1. The van der Waals surface area contributed by atoms with Crippen LogP contribution in [0.4, 0.5) is 11.6 Å². The molecular weight excluding hydrogens is 270 g/mol. The molecule has 1 amide bonds. The molecule has 2 aromatic heterocycles. The molecule has 21 heavy (non-hydrogen) atoms. The van der Waals surface area contributed by atoms with Gasteiger partial charge in [0.05, 0.1) is 13.2 Å². The molecule has 1 saturated heterocycles. The largest absolute Gasteiger partial charge is 0.378 e. The SMILES string of the molecule is O=C(Cn1cccc1)Nc1cc(N2CCOCC2)ncn1. The van der Waals surface area contributed by atoms with E-state index in [1.807, 2.05) is 24.5 Å². The van der Waals surface area contributed by atoms with Crippen molar-refractivity contribution in [2.45, 2.75) is 6.54 Å². The molecule has 3 heterocycles. The normalized spacial score (nSPS) is 15.0. The zero-order valence-corrected chi connectivity index (χ0v) is 11.6. The highest BCUT2D eigenvalue weighted by Crippen LogP contribution is 2.15. The predicted octanol–water partition coefficient (Wildman–Crippen LogP) is 0.753. The number of nitrogens with zero attached hydrogens (tertiary/aromatic N) is 4. The van der Waals surface area contributed by atoms with E-state index >= 15 is 0 Å². The first-order valence-corrected chi connectivity index (χ1v) is 6.86. The van der Waals surface area contributed by atoms with Crippen molar-refractivity contribution in [3.05, 3.63) is 36.9 Å². The lowest BCUT2D eigenvalue weighted by Gasteiger charge is -2.27. The third-order valence-corrected chi connectivity index (χ3v) is 3.25. The van der Waals surface area contributed by atoms with Gasteiger partial charge in [-0.1, -0.05) is 0 Å². The van der Waals surface area contributed by atoms with Crippen molar-refractivity contribution in [3.8, 4) is 0 Å². The summed E-state index contributed by atoms with van der Waals surface area (Å²) in [6.07, 6.45) is 5.16. The number of amides is 1. The summed E-state index contributed by atoms with van der Waals surface area (Å²) in [5, 5.41) is 2.79. The van der Waals surface area contributed by atoms with Gasteiger partial charge in [-0.15, -0.1) is 0 Å². The van der Waals surface area contributed by atoms with Crippen LogP contribution in [0.1, 0.15) is 0 Å². The van der Waals surface area contributed by atoms with Gasteiger partial charge in [0.1, 0.15) is 24.5 Å². The molecule has 2 aromatic rings. The van der Waals surface area contributed by atoms with Gasteiger partial charge in [0, 0.05) is 31.5 Å². The molecule has 0 saturated carbocycles. The Bertz CT molecular complexity index is 593. The van der Waals surface area contributed by atoms with Crippen LogP contribution in [0.5, 0.6) is 0 Å². The van der Waals surface area contributed by atoms with Gasteiger partial charge in [0.2, 0.25) is 5.91 Å². The molecule has 1 aliphatic rings. The van der Waals surface area contributed by atoms with Crippen molar-refractivity contribution in [3.63, 3.8) is 0 Å². The summed E-state index contributed by atoms with van der Waals surface area (Å²) in [4.78, 5) is 22.4. The number of hydrogen-bond acceptors (Lipinski definition) is 5. The molecule has 3 rings (SSSR count). The zero-order chi connectivity index (χ0) is 14.5. The van der Waals surface area contributed by atoms with E-state index in [9.17, 15) is 4.79 Å². The third-order valence-electron chi connectivity index (χ3n) is 3.25. The third kappa shape index (κ3) is 3.57. The Balaban J connectivity index is 1.63. The van der Waals surface area contributed by atoms with Crippen LogP contribution in [0.25, 0.3) is 0 Å². The molecule has 0 bridgehead atoms. The number of anilines is 2. The predicted molar refractivity (Wildman–Crippen MR) is 78.1 cm³/mol. The Morgan fingerprint density at radius 3 is 2.76 bits per heavy atom. The molecule has 7 nitrogen and oxygen atoms in total. The van der Waals surface area contributed by atoms with Crippen molar-refractivity contribution in [2.24, 2.45) is 0 Å². The smallest absolute Gasteiger partial charge is 0.245 e. The Labute approximate surface area is 122 Å². The minimum atomic E-state index is -0.113. The molecule has 1 fully saturated rings. The maximum atomic E-state index is 11.9. The summed E-state index contributed by atoms with van der Waals surface area (Å²) in [5.41, 5.74) is 0. The van der Waals surface area contributed by atoms with Crippen LogP contribution in [0.15, 0.2) is 36.9 Å². The van der Waals surface area contributed by atoms with Crippen molar-refractivity contribution >= 4 is 17.5 Å². The van der Waals surface area contributed by atoms with Crippen LogP contribution in [0, 0.1) is 0 Å². The summed E-state index contributed by atoms with van der Waals surface area (Å²) in [6.45, 7) is 3.25. The van der Waals surface area contributed by atoms with E-state index in [4.69, 9.17) is 4.74 Å². The molecule has 0 atom stereocenters. The fraction of sp³-hybridized carbons (Fsp3) is 0.357. The fourth-order valence-corrected chi connectivity index (χ4v) is 2.20. The summed E-state index contributed by atoms with van der Waals surface area (Å²) in [5.74, 6) is 1.21. The Kier molecular flexibility index (Phi) is 4.11. The lowest BCUT2D eigenvalue weighted by molar-refractivity contribution is -0.116. The summed E-state index contributed by atoms with van der Waals surface area (Å²) in [7, 11) is 0. The van der Waals surface area contributed by atoms with Crippen molar-refractivity contribution < 1.29 is 9.53 Å². The highest BCUT2D eigenvalue weighted by molar-refractivity contribution is 5.89. The Hall–Kier alpha value is -2.41. The highest BCUT2D eigenvalue weighted by atomic mass is 16.5. The molecule has 1 aliphatic heterocycles. The van der Waals surface area contributed by atoms with E-state index < -0.39 is 0 Å². The monoisotopic (exact) mass is 287 g/mol. The van der Waals surface area contributed by atoms with Gasteiger partial charge in [-0.2, -0.15) is 0 Å². The maximum absolute atomic E-state index is 11.9. The topological polar surface area (TPSA) is 72.3 Å². The van der Waals surface area contributed by atoms with Crippen LogP contribution in [0.3, 0.4) is 0 Å². The van der Waals surface area contributed by atoms with E-state index in [1.54, 1.807) is 10.6 Å². The van der Waals surface area contributed by atoms with Gasteiger partial charge in [0.15, 0.2) is 0 Å². The van der Waals surface area contributed by atoms with Gasteiger partial charge >= 0.3 is 0 Å². The van der Waals surface area contributed by atoms with E-state index in [0.717, 1.165) is 18.9 Å². The first kappa shape index (κ1) is 13.6. The van der Waals surface area contributed by atoms with Crippen molar-refractivity contribution in [1.82, 2.24) is 14.5 Å². The van der Waals surface area contributed by atoms with Gasteiger partial charge in [-0.25, -0.2) is 9.97 Å². The zero-order valence-electron chi connectivity index (χ0n) is 11.6. The van der Waals surface area contributed by atoms with Crippen molar-refractivity contribution in [2.75, 3.05) is 36.5 Å². The minimum absolute atomic E-state index is 0.113. The molecule has 7 heteroatoms.